The number of nitrogens with zero attached hydrogens (tertiary/aromatic N) is 1. The van der Waals surface area contributed by atoms with E-state index in [0.717, 1.165) is 24.0 Å². The Kier molecular flexibility index (Phi) is 7.39. The molecule has 4 heteroatoms. The molecule has 3 nitrogen and oxygen atoms in total. The van der Waals surface area contributed by atoms with Crippen LogP contribution in [0.25, 0.3) is 0 Å². The van der Waals surface area contributed by atoms with E-state index in [1.807, 2.05) is 73.7 Å². The highest BCUT2D eigenvalue weighted by Gasteiger charge is 2.23. The molecule has 0 saturated heterocycles. The molecule has 0 atom stereocenters. The van der Waals surface area contributed by atoms with Crippen molar-refractivity contribution in [2.24, 2.45) is 0 Å². The molecular formula is C25H27NO2S. The van der Waals surface area contributed by atoms with E-state index < -0.39 is 10.0 Å². The molecule has 0 aromatic heterocycles. The summed E-state index contributed by atoms with van der Waals surface area (Å²) in [7, 11) is -3.57. The average Bonchev–Trinajstić information content (AvgIpc) is 2.74. The van der Waals surface area contributed by atoms with Gasteiger partial charge in [-0.3, -0.25) is 0 Å². The van der Waals surface area contributed by atoms with E-state index >= 15 is 0 Å². The summed E-state index contributed by atoms with van der Waals surface area (Å²) in [5, 5.41) is 0. The molecule has 0 saturated carbocycles. The van der Waals surface area contributed by atoms with Crippen LogP contribution in [0.2, 0.25) is 0 Å². The maximum absolute atomic E-state index is 13.2. The lowest BCUT2D eigenvalue weighted by molar-refractivity contribution is 0.438. The fourth-order valence-electron chi connectivity index (χ4n) is 3.10. The molecule has 0 N–H and O–H groups in total. The summed E-state index contributed by atoms with van der Waals surface area (Å²) >= 11 is 0. The second kappa shape index (κ2) is 10.2. The Morgan fingerprint density at radius 3 is 1.97 bits per heavy atom. The average molecular weight is 406 g/mol. The van der Waals surface area contributed by atoms with Crippen molar-refractivity contribution in [1.82, 2.24) is 4.31 Å². The summed E-state index contributed by atoms with van der Waals surface area (Å²) < 4.78 is 28.0. The zero-order valence-electron chi connectivity index (χ0n) is 16.7. The predicted octanol–water partition coefficient (Wildman–Crippen LogP) is 5.37. The van der Waals surface area contributed by atoms with Crippen molar-refractivity contribution < 1.29 is 8.42 Å². The molecule has 150 valence electrons. The van der Waals surface area contributed by atoms with E-state index in [2.05, 4.69) is 18.2 Å². The van der Waals surface area contributed by atoms with E-state index in [9.17, 15) is 8.42 Å². The highest BCUT2D eigenvalue weighted by Crippen LogP contribution is 2.19. The largest absolute Gasteiger partial charge is 0.243 e. The first-order valence-electron chi connectivity index (χ1n) is 9.85. The lowest BCUT2D eigenvalue weighted by atomic mass is 10.1. The minimum Gasteiger partial charge on any atom is -0.207 e. The molecule has 0 amide bonds. The summed E-state index contributed by atoms with van der Waals surface area (Å²) in [6.07, 6.45) is 5.85. The molecule has 3 aromatic carbocycles. The van der Waals surface area contributed by atoms with Crippen LogP contribution in [0.3, 0.4) is 0 Å². The van der Waals surface area contributed by atoms with E-state index in [1.54, 1.807) is 12.1 Å². The van der Waals surface area contributed by atoms with Crippen LogP contribution in [-0.2, 0) is 23.0 Å². The Morgan fingerprint density at radius 2 is 1.34 bits per heavy atom. The van der Waals surface area contributed by atoms with E-state index in [1.165, 1.54) is 9.87 Å². The van der Waals surface area contributed by atoms with Crippen LogP contribution < -0.4 is 0 Å². The van der Waals surface area contributed by atoms with Gasteiger partial charge in [0.25, 0.3) is 0 Å². The zero-order valence-corrected chi connectivity index (χ0v) is 17.6. The summed E-state index contributed by atoms with van der Waals surface area (Å²) in [5.74, 6) is 0. The molecule has 0 heterocycles. The van der Waals surface area contributed by atoms with Crippen molar-refractivity contribution in [3.05, 3.63) is 114 Å². The Balaban J connectivity index is 1.72. The molecule has 0 aliphatic carbocycles. The summed E-state index contributed by atoms with van der Waals surface area (Å²) in [6, 6.07) is 27.0. The molecule has 0 bridgehead atoms. The standard InChI is InChI=1S/C25H27NO2S/c1-22-16-18-25(19-17-22)29(27,28)26(21-24-14-7-3-8-15-24)20-10-4-9-13-23-11-5-2-6-12-23/h2-8,10-12,14-19H,9,13,20-21H2,1H3/b10-4+. The van der Waals surface area contributed by atoms with E-state index in [0.29, 0.717) is 18.0 Å². The number of hydrogen-bond donors (Lipinski definition) is 0. The second-order valence-electron chi connectivity index (χ2n) is 7.09. The molecule has 0 unspecified atom stereocenters. The fraction of sp³-hybridized carbons (Fsp3) is 0.200. The van der Waals surface area contributed by atoms with Gasteiger partial charge in [0, 0.05) is 13.1 Å². The molecule has 29 heavy (non-hydrogen) atoms. The first kappa shape index (κ1) is 21.0. The Bertz CT molecular complexity index is 1010. The number of hydrogen-bond acceptors (Lipinski definition) is 2. The van der Waals surface area contributed by atoms with Crippen LogP contribution in [-0.4, -0.2) is 19.3 Å². The van der Waals surface area contributed by atoms with Gasteiger partial charge in [-0.2, -0.15) is 4.31 Å². The van der Waals surface area contributed by atoms with Crippen molar-refractivity contribution in [3.8, 4) is 0 Å². The molecule has 3 aromatic rings. The van der Waals surface area contributed by atoms with Crippen LogP contribution >= 0.6 is 0 Å². The van der Waals surface area contributed by atoms with Crippen molar-refractivity contribution in [2.75, 3.05) is 6.54 Å². The number of aryl methyl sites for hydroxylation is 2. The van der Waals surface area contributed by atoms with Crippen LogP contribution in [0.1, 0.15) is 23.1 Å². The fourth-order valence-corrected chi connectivity index (χ4v) is 4.48. The van der Waals surface area contributed by atoms with Crippen LogP contribution in [0.5, 0.6) is 0 Å². The van der Waals surface area contributed by atoms with Gasteiger partial charge < -0.3 is 0 Å². The first-order valence-corrected chi connectivity index (χ1v) is 11.3. The van der Waals surface area contributed by atoms with Crippen molar-refractivity contribution in [2.45, 2.75) is 31.2 Å². The van der Waals surface area contributed by atoms with Crippen molar-refractivity contribution >= 4 is 10.0 Å². The van der Waals surface area contributed by atoms with Gasteiger partial charge in [0.2, 0.25) is 10.0 Å². The summed E-state index contributed by atoms with van der Waals surface area (Å²) in [5.41, 5.74) is 3.30. The number of sulfonamides is 1. The molecule has 0 radical (unpaired) electrons. The molecular weight excluding hydrogens is 378 g/mol. The molecule has 3 rings (SSSR count). The number of benzene rings is 3. The third-order valence-corrected chi connectivity index (χ3v) is 6.60. The lowest BCUT2D eigenvalue weighted by Crippen LogP contribution is -2.31. The SMILES string of the molecule is Cc1ccc(S(=O)(=O)N(C/C=C/CCc2ccccc2)Cc2ccccc2)cc1. The van der Waals surface area contributed by atoms with Gasteiger partial charge >= 0.3 is 0 Å². The highest BCUT2D eigenvalue weighted by molar-refractivity contribution is 7.89. The third kappa shape index (κ3) is 6.14. The monoisotopic (exact) mass is 405 g/mol. The molecule has 0 fully saturated rings. The maximum atomic E-state index is 13.2. The van der Waals surface area contributed by atoms with Gasteiger partial charge in [-0.05, 0) is 43.0 Å². The lowest BCUT2D eigenvalue weighted by Gasteiger charge is -2.21. The summed E-state index contributed by atoms with van der Waals surface area (Å²) in [6.45, 7) is 2.65. The third-order valence-electron chi connectivity index (χ3n) is 4.78. The smallest absolute Gasteiger partial charge is 0.207 e. The molecule has 0 aliphatic heterocycles. The van der Waals surface area contributed by atoms with Crippen LogP contribution in [0, 0.1) is 6.92 Å². The van der Waals surface area contributed by atoms with Gasteiger partial charge in [0.05, 0.1) is 4.90 Å². The summed E-state index contributed by atoms with van der Waals surface area (Å²) in [4.78, 5) is 0.330. The van der Waals surface area contributed by atoms with E-state index in [4.69, 9.17) is 0 Å². The Hall–Kier alpha value is -2.69. The minimum absolute atomic E-state index is 0.330. The van der Waals surface area contributed by atoms with Gasteiger partial charge in [-0.1, -0.05) is 90.5 Å². The quantitative estimate of drug-likeness (QED) is 0.449. The topological polar surface area (TPSA) is 37.4 Å². The van der Waals surface area contributed by atoms with Gasteiger partial charge in [0.1, 0.15) is 0 Å². The predicted molar refractivity (Wildman–Crippen MR) is 119 cm³/mol. The van der Waals surface area contributed by atoms with Crippen LogP contribution in [0.4, 0.5) is 0 Å². The van der Waals surface area contributed by atoms with E-state index in [-0.39, 0.29) is 0 Å². The number of rotatable bonds is 9. The van der Waals surface area contributed by atoms with Gasteiger partial charge in [-0.15, -0.1) is 0 Å². The Labute approximate surface area is 174 Å². The zero-order chi connectivity index (χ0) is 20.5. The first-order chi connectivity index (χ1) is 14.1. The molecule has 0 aliphatic rings. The van der Waals surface area contributed by atoms with Crippen molar-refractivity contribution in [3.63, 3.8) is 0 Å². The Morgan fingerprint density at radius 1 is 0.759 bits per heavy atom. The normalized spacial score (nSPS) is 11.9. The van der Waals surface area contributed by atoms with Gasteiger partial charge in [-0.25, -0.2) is 8.42 Å². The number of allylic oxidation sites excluding steroid dienone is 1. The van der Waals surface area contributed by atoms with Crippen LogP contribution in [0.15, 0.2) is 102 Å². The second-order valence-corrected chi connectivity index (χ2v) is 9.03. The maximum Gasteiger partial charge on any atom is 0.243 e. The van der Waals surface area contributed by atoms with Crippen molar-refractivity contribution in [1.29, 1.82) is 0 Å². The van der Waals surface area contributed by atoms with Gasteiger partial charge in [0.15, 0.2) is 0 Å². The minimum atomic E-state index is -3.57. The molecule has 0 spiro atoms. The highest BCUT2D eigenvalue weighted by atomic mass is 32.2.